The van der Waals surface area contributed by atoms with Crippen LogP contribution >= 0.6 is 0 Å². The first-order chi connectivity index (χ1) is 14.3. The molecule has 1 aliphatic heterocycles. The van der Waals surface area contributed by atoms with Crippen LogP contribution in [-0.4, -0.2) is 56.8 Å². The molecule has 2 aromatic rings. The summed E-state index contributed by atoms with van der Waals surface area (Å²) in [6.07, 6.45) is 2.35. The van der Waals surface area contributed by atoms with Gasteiger partial charge in [-0.3, -0.25) is 4.79 Å². The molecule has 30 heavy (non-hydrogen) atoms. The molecule has 1 amide bonds. The summed E-state index contributed by atoms with van der Waals surface area (Å²) in [5.74, 6) is -0.340. The van der Waals surface area contributed by atoms with E-state index in [9.17, 15) is 13.2 Å². The van der Waals surface area contributed by atoms with Crippen molar-refractivity contribution in [2.45, 2.75) is 43.0 Å². The van der Waals surface area contributed by atoms with Gasteiger partial charge in [-0.25, -0.2) is 8.42 Å². The minimum absolute atomic E-state index is 0.0155. The van der Waals surface area contributed by atoms with Crippen LogP contribution in [0.4, 0.5) is 5.69 Å². The largest absolute Gasteiger partial charge is 0.326 e. The number of carbonyl (C=O) groups excluding carboxylic acids is 1. The van der Waals surface area contributed by atoms with Crippen LogP contribution in [0, 0.1) is 0 Å². The van der Waals surface area contributed by atoms with E-state index in [1.807, 2.05) is 37.3 Å². The van der Waals surface area contributed by atoms with Crippen LogP contribution in [0.1, 0.15) is 37.7 Å². The second-order valence-electron chi connectivity index (χ2n) is 7.94. The number of hydrogen-bond donors (Lipinski definition) is 1. The van der Waals surface area contributed by atoms with E-state index in [-0.39, 0.29) is 22.8 Å². The van der Waals surface area contributed by atoms with Crippen molar-refractivity contribution in [3.63, 3.8) is 0 Å². The quantitative estimate of drug-likeness (QED) is 0.731. The van der Waals surface area contributed by atoms with Crippen LogP contribution < -0.4 is 5.32 Å². The fraction of sp³-hybridized carbons (Fsp3) is 0.435. The van der Waals surface area contributed by atoms with Gasteiger partial charge in [-0.1, -0.05) is 37.3 Å². The number of sulfonamides is 1. The molecule has 1 atom stereocenters. The number of piperidine rings is 1. The number of likely N-dealkylation sites (tertiary alicyclic amines) is 1. The number of nitrogens with one attached hydrogen (secondary N) is 1. The molecule has 0 bridgehead atoms. The van der Waals surface area contributed by atoms with Gasteiger partial charge in [-0.05, 0) is 69.2 Å². The van der Waals surface area contributed by atoms with Gasteiger partial charge in [0.1, 0.15) is 0 Å². The average Bonchev–Trinajstić information content (AvgIpc) is 2.75. The molecule has 7 heteroatoms. The van der Waals surface area contributed by atoms with Crippen LogP contribution in [0.2, 0.25) is 0 Å². The molecule has 6 nitrogen and oxygen atoms in total. The molecule has 1 saturated heterocycles. The van der Waals surface area contributed by atoms with Crippen LogP contribution in [0.3, 0.4) is 0 Å². The summed E-state index contributed by atoms with van der Waals surface area (Å²) < 4.78 is 27.5. The summed E-state index contributed by atoms with van der Waals surface area (Å²) in [5, 5.41) is 2.91. The highest BCUT2D eigenvalue weighted by Gasteiger charge is 2.30. The number of nitrogens with zero attached hydrogens (tertiary/aromatic N) is 2. The number of benzene rings is 2. The molecule has 0 aromatic heterocycles. The maximum Gasteiger partial charge on any atom is 0.243 e. The fourth-order valence-electron chi connectivity index (χ4n) is 3.92. The Hall–Kier alpha value is -2.22. The van der Waals surface area contributed by atoms with Crippen LogP contribution in [0.5, 0.6) is 0 Å². The van der Waals surface area contributed by atoms with Gasteiger partial charge >= 0.3 is 0 Å². The molecule has 1 heterocycles. The third-order valence-corrected chi connectivity index (χ3v) is 7.85. The van der Waals surface area contributed by atoms with Crippen molar-refractivity contribution in [1.82, 2.24) is 9.21 Å². The molecule has 3 rings (SSSR count). The Bertz CT molecular complexity index is 937. The molecule has 0 saturated carbocycles. The van der Waals surface area contributed by atoms with Gasteiger partial charge in [0.25, 0.3) is 0 Å². The second kappa shape index (κ2) is 9.73. The van der Waals surface area contributed by atoms with Gasteiger partial charge in [0.15, 0.2) is 0 Å². The Balaban J connectivity index is 1.68. The van der Waals surface area contributed by atoms with Crippen molar-refractivity contribution in [3.05, 3.63) is 60.2 Å². The van der Waals surface area contributed by atoms with Crippen molar-refractivity contribution in [2.24, 2.45) is 0 Å². The number of carbonyl (C=O) groups is 1. The Morgan fingerprint density at radius 2 is 1.70 bits per heavy atom. The van der Waals surface area contributed by atoms with Crippen LogP contribution in [-0.2, 0) is 14.8 Å². The van der Waals surface area contributed by atoms with E-state index in [0.717, 1.165) is 31.5 Å². The highest BCUT2D eigenvalue weighted by molar-refractivity contribution is 7.89. The molecular weight excluding hydrogens is 398 g/mol. The first kappa shape index (κ1) is 22.5. The van der Waals surface area contributed by atoms with Crippen molar-refractivity contribution < 1.29 is 13.2 Å². The molecule has 162 valence electrons. The zero-order valence-electron chi connectivity index (χ0n) is 17.9. The number of amides is 1. The maximum absolute atomic E-state index is 13.0. The zero-order valence-corrected chi connectivity index (χ0v) is 18.7. The number of rotatable bonds is 7. The first-order valence-electron chi connectivity index (χ1n) is 10.5. The van der Waals surface area contributed by atoms with Crippen molar-refractivity contribution in [3.8, 4) is 0 Å². The summed E-state index contributed by atoms with van der Waals surface area (Å²) in [6, 6.07) is 16.1. The van der Waals surface area contributed by atoms with Crippen LogP contribution in [0.25, 0.3) is 0 Å². The summed E-state index contributed by atoms with van der Waals surface area (Å²) in [4.78, 5) is 15.2. The third-order valence-electron chi connectivity index (χ3n) is 5.93. The molecular formula is C23H31N3O3S. The van der Waals surface area contributed by atoms with E-state index < -0.39 is 10.0 Å². The predicted octanol–water partition coefficient (Wildman–Crippen LogP) is 3.53. The SMILES string of the molecule is CC[C@H](C(=O)Nc1ccc(S(=O)(=O)N(C)C2CCN(C)CC2)cc1)c1ccccc1. The lowest BCUT2D eigenvalue weighted by Gasteiger charge is -2.34. The van der Waals surface area contributed by atoms with E-state index in [1.165, 1.54) is 4.31 Å². The molecule has 1 fully saturated rings. The van der Waals surface area contributed by atoms with Gasteiger partial charge < -0.3 is 10.2 Å². The normalized spacial score (nSPS) is 17.1. The van der Waals surface area contributed by atoms with Gasteiger partial charge in [0, 0.05) is 18.8 Å². The lowest BCUT2D eigenvalue weighted by atomic mass is 9.95. The number of anilines is 1. The predicted molar refractivity (Wildman–Crippen MR) is 120 cm³/mol. The Kier molecular flexibility index (Phi) is 7.28. The molecule has 0 spiro atoms. The maximum atomic E-state index is 13.0. The highest BCUT2D eigenvalue weighted by Crippen LogP contribution is 2.25. The zero-order chi connectivity index (χ0) is 21.7. The molecule has 1 N–H and O–H groups in total. The van der Waals surface area contributed by atoms with E-state index in [1.54, 1.807) is 31.3 Å². The number of hydrogen-bond acceptors (Lipinski definition) is 4. The van der Waals surface area contributed by atoms with Crippen molar-refractivity contribution in [1.29, 1.82) is 0 Å². The van der Waals surface area contributed by atoms with Gasteiger partial charge in [-0.2, -0.15) is 4.31 Å². The summed E-state index contributed by atoms with van der Waals surface area (Å²) in [5.41, 5.74) is 1.56. The first-order valence-corrected chi connectivity index (χ1v) is 11.9. The van der Waals surface area contributed by atoms with Gasteiger partial charge in [0.2, 0.25) is 15.9 Å². The van der Waals surface area contributed by atoms with E-state index in [4.69, 9.17) is 0 Å². The standard InChI is InChI=1S/C23H31N3O3S/c1-4-22(18-8-6-5-7-9-18)23(27)24-19-10-12-21(13-11-19)30(28,29)26(3)20-14-16-25(2)17-15-20/h5-13,20,22H,4,14-17H2,1-3H3,(H,24,27)/t22-/m0/s1. The molecule has 2 aromatic carbocycles. The summed E-state index contributed by atoms with van der Waals surface area (Å²) in [6.45, 7) is 3.77. The van der Waals surface area contributed by atoms with Crippen molar-refractivity contribution in [2.75, 3.05) is 32.5 Å². The smallest absolute Gasteiger partial charge is 0.243 e. The van der Waals surface area contributed by atoms with Crippen LogP contribution in [0.15, 0.2) is 59.5 Å². The van der Waals surface area contributed by atoms with Gasteiger partial charge in [-0.15, -0.1) is 0 Å². The Morgan fingerprint density at radius 3 is 2.27 bits per heavy atom. The van der Waals surface area contributed by atoms with E-state index >= 15 is 0 Å². The average molecular weight is 430 g/mol. The molecule has 0 radical (unpaired) electrons. The lowest BCUT2D eigenvalue weighted by Crippen LogP contribution is -2.44. The lowest BCUT2D eigenvalue weighted by molar-refractivity contribution is -0.117. The molecule has 0 aliphatic carbocycles. The third kappa shape index (κ3) is 5.09. The molecule has 1 aliphatic rings. The summed E-state index contributed by atoms with van der Waals surface area (Å²) in [7, 11) is 0.150. The van der Waals surface area contributed by atoms with E-state index in [2.05, 4.69) is 17.3 Å². The second-order valence-corrected chi connectivity index (χ2v) is 9.94. The minimum atomic E-state index is -3.56. The Morgan fingerprint density at radius 1 is 1.10 bits per heavy atom. The fourth-order valence-corrected chi connectivity index (χ4v) is 5.33. The Labute approximate surface area is 179 Å². The summed E-state index contributed by atoms with van der Waals surface area (Å²) >= 11 is 0. The van der Waals surface area contributed by atoms with Crippen molar-refractivity contribution >= 4 is 21.6 Å². The van der Waals surface area contributed by atoms with E-state index in [0.29, 0.717) is 12.1 Å². The minimum Gasteiger partial charge on any atom is -0.326 e. The monoisotopic (exact) mass is 429 g/mol. The molecule has 0 unspecified atom stereocenters. The highest BCUT2D eigenvalue weighted by atomic mass is 32.2. The van der Waals surface area contributed by atoms with Gasteiger partial charge in [0.05, 0.1) is 10.8 Å². The topological polar surface area (TPSA) is 69.7 Å².